The second kappa shape index (κ2) is 7.43. The van der Waals surface area contributed by atoms with Crippen LogP contribution in [0.25, 0.3) is 0 Å². The van der Waals surface area contributed by atoms with Crippen LogP contribution in [0.2, 0.25) is 0 Å². The minimum absolute atomic E-state index is 0.00303. The number of hydrogen-bond donors (Lipinski definition) is 1. The van der Waals surface area contributed by atoms with Crippen LogP contribution < -0.4 is 10.1 Å². The highest BCUT2D eigenvalue weighted by molar-refractivity contribution is 5.93. The van der Waals surface area contributed by atoms with Gasteiger partial charge in [0.2, 0.25) is 0 Å². The van der Waals surface area contributed by atoms with Crippen molar-refractivity contribution in [1.82, 2.24) is 5.16 Å². The molecule has 10 heteroatoms. The average molecular weight is 349 g/mol. The van der Waals surface area contributed by atoms with Crippen LogP contribution in [0.3, 0.4) is 0 Å². The molecule has 0 saturated carbocycles. The number of amides is 1. The first-order chi connectivity index (χ1) is 11.8. The van der Waals surface area contributed by atoms with Gasteiger partial charge in [-0.15, -0.1) is 0 Å². The van der Waals surface area contributed by atoms with Crippen molar-refractivity contribution < 1.29 is 28.5 Å². The molecule has 0 aliphatic rings. The summed E-state index contributed by atoms with van der Waals surface area (Å²) in [5.74, 6) is -0.732. The minimum Gasteiger partial charge on any atom is -0.474 e. The van der Waals surface area contributed by atoms with Crippen LogP contribution in [0.5, 0.6) is 5.75 Å². The summed E-state index contributed by atoms with van der Waals surface area (Å²) >= 11 is 0. The molecule has 2 rings (SSSR count). The van der Waals surface area contributed by atoms with Gasteiger partial charge < -0.3 is 19.3 Å². The molecule has 10 nitrogen and oxygen atoms in total. The van der Waals surface area contributed by atoms with E-state index in [2.05, 4.69) is 15.2 Å². The van der Waals surface area contributed by atoms with Gasteiger partial charge in [-0.1, -0.05) is 5.16 Å². The Bertz CT molecular complexity index is 815. The van der Waals surface area contributed by atoms with E-state index in [0.717, 1.165) is 13.2 Å². The lowest BCUT2D eigenvalue weighted by Crippen LogP contribution is -2.30. The third kappa shape index (κ3) is 4.31. The van der Waals surface area contributed by atoms with E-state index in [-0.39, 0.29) is 17.1 Å². The van der Waals surface area contributed by atoms with Crippen LogP contribution in [-0.4, -0.2) is 35.2 Å². The van der Waals surface area contributed by atoms with Crippen molar-refractivity contribution in [2.45, 2.75) is 20.0 Å². The predicted molar refractivity (Wildman–Crippen MR) is 84.4 cm³/mol. The molecule has 0 spiro atoms. The average Bonchev–Trinajstić information content (AvgIpc) is 2.98. The molecule has 0 aliphatic heterocycles. The summed E-state index contributed by atoms with van der Waals surface area (Å²) in [5, 5.41) is 17.2. The van der Waals surface area contributed by atoms with E-state index >= 15 is 0 Å². The SMILES string of the molecule is COC(=O)c1ccc(O[C@H](C)C(=O)Nc2cc(C)on2)c([N+](=O)[O-])c1. The van der Waals surface area contributed by atoms with E-state index < -0.39 is 28.6 Å². The van der Waals surface area contributed by atoms with Crippen LogP contribution >= 0.6 is 0 Å². The van der Waals surface area contributed by atoms with Gasteiger partial charge in [-0.3, -0.25) is 14.9 Å². The zero-order chi connectivity index (χ0) is 18.6. The number of anilines is 1. The topological polar surface area (TPSA) is 134 Å². The van der Waals surface area contributed by atoms with E-state index in [0.29, 0.717) is 5.76 Å². The fourth-order valence-corrected chi connectivity index (χ4v) is 1.90. The molecule has 2 aromatic rings. The molecule has 0 aliphatic carbocycles. The summed E-state index contributed by atoms with van der Waals surface area (Å²) in [6, 6.07) is 5.07. The lowest BCUT2D eigenvalue weighted by Gasteiger charge is -2.14. The maximum Gasteiger partial charge on any atom is 0.338 e. The first-order valence-corrected chi connectivity index (χ1v) is 7.09. The number of nitrogens with zero attached hydrogens (tertiary/aromatic N) is 2. The quantitative estimate of drug-likeness (QED) is 0.476. The standard InChI is InChI=1S/C15H15N3O7/c1-8-6-13(17-25-8)16-14(19)9(2)24-12-5-4-10(15(20)23-3)7-11(12)18(21)22/h4-7,9H,1-3H3,(H,16,17,19)/t9-/m1/s1. The first kappa shape index (κ1) is 17.9. The fraction of sp³-hybridized carbons (Fsp3) is 0.267. The number of nitro groups is 1. The molecule has 0 radical (unpaired) electrons. The molecule has 1 N–H and O–H groups in total. The molecule has 1 heterocycles. The third-order valence-corrected chi connectivity index (χ3v) is 3.13. The number of carbonyl (C=O) groups is 2. The molecule has 0 unspecified atom stereocenters. The molecular weight excluding hydrogens is 334 g/mol. The number of nitrogens with one attached hydrogen (secondary N) is 1. The Hall–Kier alpha value is -3.43. The number of aromatic nitrogens is 1. The number of carbonyl (C=O) groups excluding carboxylic acids is 2. The molecule has 0 bridgehead atoms. The highest BCUT2D eigenvalue weighted by Gasteiger charge is 2.23. The minimum atomic E-state index is -1.06. The Morgan fingerprint density at radius 1 is 1.36 bits per heavy atom. The van der Waals surface area contributed by atoms with Gasteiger partial charge in [-0.05, 0) is 26.0 Å². The van der Waals surface area contributed by atoms with Crippen molar-refractivity contribution >= 4 is 23.4 Å². The highest BCUT2D eigenvalue weighted by Crippen LogP contribution is 2.29. The zero-order valence-electron chi connectivity index (χ0n) is 13.6. The van der Waals surface area contributed by atoms with Crippen molar-refractivity contribution in [3.05, 3.63) is 45.7 Å². The van der Waals surface area contributed by atoms with E-state index in [9.17, 15) is 19.7 Å². The number of hydrogen-bond acceptors (Lipinski definition) is 8. The fourth-order valence-electron chi connectivity index (χ4n) is 1.90. The molecule has 1 aromatic heterocycles. The molecule has 25 heavy (non-hydrogen) atoms. The van der Waals surface area contributed by atoms with Crippen molar-refractivity contribution in [3.8, 4) is 5.75 Å². The van der Waals surface area contributed by atoms with Crippen LogP contribution in [0.4, 0.5) is 11.5 Å². The Labute approximate surface area is 141 Å². The lowest BCUT2D eigenvalue weighted by atomic mass is 10.2. The van der Waals surface area contributed by atoms with Crippen molar-refractivity contribution in [2.24, 2.45) is 0 Å². The van der Waals surface area contributed by atoms with E-state index in [1.165, 1.54) is 25.1 Å². The largest absolute Gasteiger partial charge is 0.474 e. The smallest absolute Gasteiger partial charge is 0.338 e. The molecule has 0 fully saturated rings. The second-order valence-electron chi connectivity index (χ2n) is 5.00. The second-order valence-corrected chi connectivity index (χ2v) is 5.00. The summed E-state index contributed by atoms with van der Waals surface area (Å²) in [5.41, 5.74) is -0.462. The first-order valence-electron chi connectivity index (χ1n) is 7.09. The highest BCUT2D eigenvalue weighted by atomic mass is 16.6. The lowest BCUT2D eigenvalue weighted by molar-refractivity contribution is -0.386. The summed E-state index contributed by atoms with van der Waals surface area (Å²) in [4.78, 5) is 34.0. The molecule has 1 aromatic carbocycles. The van der Waals surface area contributed by atoms with Gasteiger partial charge in [-0.25, -0.2) is 4.79 Å². The number of methoxy groups -OCH3 is 1. The van der Waals surface area contributed by atoms with Crippen LogP contribution in [0.1, 0.15) is 23.0 Å². The zero-order valence-corrected chi connectivity index (χ0v) is 13.6. The van der Waals surface area contributed by atoms with Gasteiger partial charge in [-0.2, -0.15) is 0 Å². The summed E-state index contributed by atoms with van der Waals surface area (Å²) in [6.07, 6.45) is -1.06. The number of esters is 1. The Morgan fingerprint density at radius 2 is 2.08 bits per heavy atom. The number of rotatable bonds is 6. The van der Waals surface area contributed by atoms with Gasteiger partial charge in [0.1, 0.15) is 5.76 Å². The predicted octanol–water partition coefficient (Wildman–Crippen LogP) is 2.08. The number of aryl methyl sites for hydroxylation is 1. The van der Waals surface area contributed by atoms with Gasteiger partial charge in [0.15, 0.2) is 17.7 Å². The maximum absolute atomic E-state index is 12.1. The van der Waals surface area contributed by atoms with Gasteiger partial charge in [0.25, 0.3) is 5.91 Å². The van der Waals surface area contributed by atoms with Crippen molar-refractivity contribution in [2.75, 3.05) is 12.4 Å². The van der Waals surface area contributed by atoms with Gasteiger partial charge >= 0.3 is 11.7 Å². The van der Waals surface area contributed by atoms with Crippen molar-refractivity contribution in [3.63, 3.8) is 0 Å². The summed E-state index contributed by atoms with van der Waals surface area (Å²) in [6.45, 7) is 3.08. The Balaban J connectivity index is 2.16. The number of nitro benzene ring substituents is 1. The monoisotopic (exact) mass is 349 g/mol. The Kier molecular flexibility index (Phi) is 5.32. The van der Waals surface area contributed by atoms with Gasteiger partial charge in [0.05, 0.1) is 17.6 Å². The molecule has 1 atom stereocenters. The van der Waals surface area contributed by atoms with Gasteiger partial charge in [0, 0.05) is 12.1 Å². The van der Waals surface area contributed by atoms with E-state index in [1.54, 1.807) is 6.92 Å². The van der Waals surface area contributed by atoms with Crippen LogP contribution in [0, 0.1) is 17.0 Å². The molecular formula is C15H15N3O7. The molecule has 1 amide bonds. The summed E-state index contributed by atoms with van der Waals surface area (Å²) < 4.78 is 14.7. The third-order valence-electron chi connectivity index (χ3n) is 3.13. The van der Waals surface area contributed by atoms with Crippen LogP contribution in [0.15, 0.2) is 28.8 Å². The molecule has 132 valence electrons. The number of ether oxygens (including phenoxy) is 2. The molecule has 0 saturated heterocycles. The van der Waals surface area contributed by atoms with Crippen molar-refractivity contribution in [1.29, 1.82) is 0 Å². The maximum atomic E-state index is 12.1. The van der Waals surface area contributed by atoms with E-state index in [1.807, 2.05) is 0 Å². The van der Waals surface area contributed by atoms with E-state index in [4.69, 9.17) is 9.26 Å². The van der Waals surface area contributed by atoms with Crippen LogP contribution in [-0.2, 0) is 9.53 Å². The normalized spacial score (nSPS) is 11.5. The number of benzene rings is 1. The summed E-state index contributed by atoms with van der Waals surface area (Å²) in [7, 11) is 1.16. The Morgan fingerprint density at radius 3 is 2.64 bits per heavy atom.